The smallest absolute Gasteiger partial charge is 0.308 e. The van der Waals surface area contributed by atoms with Crippen LogP contribution in [0.3, 0.4) is 0 Å². The van der Waals surface area contributed by atoms with Gasteiger partial charge in [-0.25, -0.2) is 8.91 Å². The Kier molecular flexibility index (Phi) is 5.73. The highest BCUT2D eigenvalue weighted by Gasteiger charge is 2.44. The standard InChI is InChI=1S/C13H24N2O4S/c1-5-7-10(6-2)11(14-4)12(16)15-20(17,18)19-13(3)8-9-13/h6,10-11,14H,2,5,7-9H2,1,3-4H3,(H,15,16). The van der Waals surface area contributed by atoms with Crippen LogP contribution in [-0.4, -0.2) is 33.0 Å². The monoisotopic (exact) mass is 304 g/mol. The van der Waals surface area contributed by atoms with E-state index in [1.165, 1.54) is 0 Å². The van der Waals surface area contributed by atoms with E-state index in [-0.39, 0.29) is 5.92 Å². The van der Waals surface area contributed by atoms with Gasteiger partial charge in [-0.3, -0.25) is 4.79 Å². The fourth-order valence-electron chi connectivity index (χ4n) is 2.03. The van der Waals surface area contributed by atoms with Gasteiger partial charge in [0.05, 0.1) is 11.6 Å². The van der Waals surface area contributed by atoms with Crippen LogP contribution in [0.5, 0.6) is 0 Å². The lowest BCUT2D eigenvalue weighted by Crippen LogP contribution is -2.49. The summed E-state index contributed by atoms with van der Waals surface area (Å²) in [7, 11) is -2.44. The lowest BCUT2D eigenvalue weighted by molar-refractivity contribution is -0.122. The molecule has 0 spiro atoms. The Morgan fingerprint density at radius 1 is 1.50 bits per heavy atom. The molecule has 0 aliphatic heterocycles. The fourth-order valence-corrected chi connectivity index (χ4v) is 3.14. The van der Waals surface area contributed by atoms with Crippen molar-refractivity contribution in [2.45, 2.75) is 51.2 Å². The zero-order chi connectivity index (χ0) is 15.4. The zero-order valence-electron chi connectivity index (χ0n) is 12.3. The first-order chi connectivity index (χ1) is 9.27. The number of hydrogen-bond donors (Lipinski definition) is 2. The van der Waals surface area contributed by atoms with Crippen molar-refractivity contribution >= 4 is 16.2 Å². The van der Waals surface area contributed by atoms with Gasteiger partial charge < -0.3 is 5.32 Å². The minimum atomic E-state index is -4.06. The summed E-state index contributed by atoms with van der Waals surface area (Å²) in [4.78, 5) is 12.1. The van der Waals surface area contributed by atoms with Crippen LogP contribution in [0.1, 0.15) is 39.5 Å². The van der Waals surface area contributed by atoms with E-state index in [2.05, 4.69) is 11.9 Å². The van der Waals surface area contributed by atoms with E-state index < -0.39 is 27.9 Å². The SMILES string of the molecule is C=CC(CCC)C(NC)C(=O)NS(=O)(=O)OC1(C)CC1. The third-order valence-electron chi connectivity index (χ3n) is 3.44. The molecule has 2 N–H and O–H groups in total. The maximum Gasteiger partial charge on any atom is 0.362 e. The maximum absolute atomic E-state index is 12.1. The summed E-state index contributed by atoms with van der Waals surface area (Å²) in [5, 5.41) is 2.84. The molecule has 1 saturated carbocycles. The molecule has 0 aromatic carbocycles. The van der Waals surface area contributed by atoms with Crippen LogP contribution in [0.15, 0.2) is 12.7 Å². The van der Waals surface area contributed by atoms with Gasteiger partial charge in [-0.2, -0.15) is 8.42 Å². The molecule has 7 heteroatoms. The Balaban J connectivity index is 2.68. The van der Waals surface area contributed by atoms with E-state index in [1.54, 1.807) is 20.0 Å². The van der Waals surface area contributed by atoms with E-state index in [0.717, 1.165) is 12.8 Å². The molecule has 0 aromatic rings. The minimum Gasteiger partial charge on any atom is -0.308 e. The molecule has 1 amide bonds. The molecule has 0 saturated heterocycles. The minimum absolute atomic E-state index is 0.128. The summed E-state index contributed by atoms with van der Waals surface area (Å²) in [6.45, 7) is 7.40. The predicted octanol–water partition coefficient (Wildman–Crippen LogP) is 1.11. The van der Waals surface area contributed by atoms with Crippen molar-refractivity contribution in [3.63, 3.8) is 0 Å². The van der Waals surface area contributed by atoms with Gasteiger partial charge in [0.2, 0.25) is 0 Å². The molecule has 0 heterocycles. The summed E-state index contributed by atoms with van der Waals surface area (Å²) in [5.41, 5.74) is -0.650. The zero-order valence-corrected chi connectivity index (χ0v) is 13.1. The highest BCUT2D eigenvalue weighted by atomic mass is 32.2. The largest absolute Gasteiger partial charge is 0.362 e. The Bertz CT molecular complexity index is 457. The number of carbonyl (C=O) groups is 1. The Morgan fingerprint density at radius 3 is 2.50 bits per heavy atom. The van der Waals surface area contributed by atoms with Gasteiger partial charge in [0.1, 0.15) is 0 Å². The number of carbonyl (C=O) groups excluding carboxylic acids is 1. The Hall–Kier alpha value is -0.920. The molecule has 2 atom stereocenters. The van der Waals surface area contributed by atoms with Crippen molar-refractivity contribution in [3.8, 4) is 0 Å². The van der Waals surface area contributed by atoms with Crippen molar-refractivity contribution in [1.29, 1.82) is 0 Å². The van der Waals surface area contributed by atoms with E-state index in [9.17, 15) is 13.2 Å². The van der Waals surface area contributed by atoms with Gasteiger partial charge in [-0.15, -0.1) is 6.58 Å². The van der Waals surface area contributed by atoms with E-state index in [0.29, 0.717) is 12.8 Å². The second-order valence-electron chi connectivity index (χ2n) is 5.41. The van der Waals surface area contributed by atoms with E-state index in [4.69, 9.17) is 4.18 Å². The lowest BCUT2D eigenvalue weighted by Gasteiger charge is -2.23. The van der Waals surface area contributed by atoms with E-state index in [1.807, 2.05) is 11.6 Å². The summed E-state index contributed by atoms with van der Waals surface area (Å²) in [6, 6.07) is -0.641. The van der Waals surface area contributed by atoms with Gasteiger partial charge in [0.15, 0.2) is 0 Å². The first kappa shape index (κ1) is 17.1. The first-order valence-electron chi connectivity index (χ1n) is 6.84. The average Bonchev–Trinajstić information content (AvgIpc) is 3.04. The average molecular weight is 304 g/mol. The maximum atomic E-state index is 12.1. The van der Waals surface area contributed by atoms with Crippen LogP contribution in [-0.2, 0) is 19.3 Å². The van der Waals surface area contributed by atoms with Gasteiger partial charge in [-0.1, -0.05) is 19.4 Å². The normalized spacial score (nSPS) is 19.9. The third kappa shape index (κ3) is 4.88. The molecule has 1 aliphatic carbocycles. The molecule has 0 aromatic heterocycles. The van der Waals surface area contributed by atoms with Crippen molar-refractivity contribution in [2.75, 3.05) is 7.05 Å². The Labute approximate surface area is 121 Å². The van der Waals surface area contributed by atoms with Crippen LogP contribution >= 0.6 is 0 Å². The highest BCUT2D eigenvalue weighted by molar-refractivity contribution is 7.85. The molecular formula is C13H24N2O4S. The van der Waals surface area contributed by atoms with Crippen molar-refractivity contribution in [2.24, 2.45) is 5.92 Å². The van der Waals surface area contributed by atoms with Gasteiger partial charge in [0, 0.05) is 5.92 Å². The van der Waals surface area contributed by atoms with Crippen LogP contribution in [0.2, 0.25) is 0 Å². The van der Waals surface area contributed by atoms with Gasteiger partial charge in [-0.05, 0) is 33.2 Å². The fraction of sp³-hybridized carbons (Fsp3) is 0.769. The first-order valence-corrected chi connectivity index (χ1v) is 8.25. The molecule has 0 bridgehead atoms. The third-order valence-corrected chi connectivity index (χ3v) is 4.51. The molecule has 6 nitrogen and oxygen atoms in total. The predicted molar refractivity (Wildman–Crippen MR) is 77.2 cm³/mol. The molecule has 1 fully saturated rings. The van der Waals surface area contributed by atoms with Gasteiger partial charge >= 0.3 is 10.3 Å². The van der Waals surface area contributed by atoms with E-state index >= 15 is 0 Å². The second kappa shape index (κ2) is 6.69. The topological polar surface area (TPSA) is 84.5 Å². The van der Waals surface area contributed by atoms with Crippen molar-refractivity contribution in [3.05, 3.63) is 12.7 Å². The summed E-state index contributed by atoms with van der Waals surface area (Å²) in [5.74, 6) is -0.744. The summed E-state index contributed by atoms with van der Waals surface area (Å²) < 4.78 is 30.5. The molecular weight excluding hydrogens is 280 g/mol. The lowest BCUT2D eigenvalue weighted by atomic mass is 9.94. The van der Waals surface area contributed by atoms with Crippen molar-refractivity contribution in [1.82, 2.24) is 10.0 Å². The summed E-state index contributed by atoms with van der Waals surface area (Å²) >= 11 is 0. The number of amides is 1. The number of rotatable bonds is 9. The molecule has 116 valence electrons. The number of hydrogen-bond acceptors (Lipinski definition) is 5. The molecule has 1 aliphatic rings. The van der Waals surface area contributed by atoms with Crippen LogP contribution in [0, 0.1) is 5.92 Å². The molecule has 2 unspecified atom stereocenters. The molecule has 1 rings (SSSR count). The van der Waals surface area contributed by atoms with Crippen LogP contribution in [0.25, 0.3) is 0 Å². The Morgan fingerprint density at radius 2 is 2.10 bits per heavy atom. The highest BCUT2D eigenvalue weighted by Crippen LogP contribution is 2.39. The van der Waals surface area contributed by atoms with Crippen LogP contribution < -0.4 is 10.0 Å². The van der Waals surface area contributed by atoms with Crippen LogP contribution in [0.4, 0.5) is 0 Å². The molecule has 0 radical (unpaired) electrons. The van der Waals surface area contributed by atoms with Gasteiger partial charge in [0.25, 0.3) is 5.91 Å². The summed E-state index contributed by atoms with van der Waals surface area (Å²) in [6.07, 6.45) is 4.66. The van der Waals surface area contributed by atoms with Crippen molar-refractivity contribution < 1.29 is 17.4 Å². The molecule has 20 heavy (non-hydrogen) atoms. The quantitative estimate of drug-likeness (QED) is 0.623. The number of nitrogens with one attached hydrogen (secondary N) is 2. The second-order valence-corrected chi connectivity index (χ2v) is 6.69. The number of likely N-dealkylation sites (N-methyl/N-ethyl adjacent to an activating group) is 1.